The summed E-state index contributed by atoms with van der Waals surface area (Å²) in [5.74, 6) is 1.75. The van der Waals surface area contributed by atoms with E-state index in [4.69, 9.17) is 0 Å². The molecule has 1 saturated heterocycles. The first-order valence-electron chi connectivity index (χ1n) is 8.24. The molecule has 3 aliphatic rings. The van der Waals surface area contributed by atoms with E-state index in [-0.39, 0.29) is 23.9 Å². The molecule has 112 valence electrons. The normalized spacial score (nSPS) is 34.9. The van der Waals surface area contributed by atoms with Gasteiger partial charge in [0.25, 0.3) is 0 Å². The van der Waals surface area contributed by atoms with Crippen LogP contribution in [0.3, 0.4) is 0 Å². The summed E-state index contributed by atoms with van der Waals surface area (Å²) in [6.07, 6.45) is 8.88. The van der Waals surface area contributed by atoms with Gasteiger partial charge in [0.05, 0.1) is 12.5 Å². The van der Waals surface area contributed by atoms with Gasteiger partial charge in [0.1, 0.15) is 0 Å². The smallest absolute Gasteiger partial charge is 0.247 e. The highest BCUT2D eigenvalue weighted by Crippen LogP contribution is 2.32. The molecule has 20 heavy (non-hydrogen) atoms. The second kappa shape index (κ2) is 5.84. The van der Waals surface area contributed by atoms with E-state index in [1.165, 1.54) is 30.6 Å². The molecule has 2 aliphatic carbocycles. The first-order valence-corrected chi connectivity index (χ1v) is 8.24. The monoisotopic (exact) mass is 278 g/mol. The third-order valence-electron chi connectivity index (χ3n) is 5.17. The minimum atomic E-state index is -0.245. The Hall–Kier alpha value is -0.900. The molecule has 1 heterocycles. The van der Waals surface area contributed by atoms with Gasteiger partial charge in [0, 0.05) is 6.04 Å². The van der Waals surface area contributed by atoms with Crippen molar-refractivity contribution >= 4 is 11.8 Å². The van der Waals surface area contributed by atoms with Gasteiger partial charge in [-0.25, -0.2) is 0 Å². The largest absolute Gasteiger partial charge is 0.305 e. The van der Waals surface area contributed by atoms with Crippen molar-refractivity contribution in [2.45, 2.75) is 70.4 Å². The molecule has 1 aliphatic heterocycles. The fourth-order valence-corrected chi connectivity index (χ4v) is 3.61. The minimum absolute atomic E-state index is 0.0229. The molecule has 4 heteroatoms. The van der Waals surface area contributed by atoms with E-state index in [0.29, 0.717) is 6.42 Å². The molecular weight excluding hydrogens is 252 g/mol. The molecule has 2 saturated carbocycles. The predicted octanol–water partition coefficient (Wildman–Crippen LogP) is 2.08. The van der Waals surface area contributed by atoms with E-state index in [0.717, 1.165) is 37.6 Å². The highest BCUT2D eigenvalue weighted by Gasteiger charge is 2.45. The van der Waals surface area contributed by atoms with Crippen molar-refractivity contribution in [1.82, 2.24) is 10.2 Å². The van der Waals surface area contributed by atoms with Crippen molar-refractivity contribution in [3.8, 4) is 0 Å². The predicted molar refractivity (Wildman–Crippen MR) is 77.0 cm³/mol. The Labute approximate surface area is 121 Å². The van der Waals surface area contributed by atoms with E-state index in [1.807, 2.05) is 0 Å². The first kappa shape index (κ1) is 14.1. The lowest BCUT2D eigenvalue weighted by Crippen LogP contribution is -2.40. The number of likely N-dealkylation sites (tertiary alicyclic amines) is 1. The third-order valence-corrected chi connectivity index (χ3v) is 5.17. The summed E-state index contributed by atoms with van der Waals surface area (Å²) in [5.41, 5.74) is 0. The molecule has 0 aromatic rings. The van der Waals surface area contributed by atoms with Crippen LogP contribution in [0.5, 0.6) is 0 Å². The quantitative estimate of drug-likeness (QED) is 0.783. The number of amides is 2. The fraction of sp³-hybridized carbons (Fsp3) is 0.875. The van der Waals surface area contributed by atoms with Crippen LogP contribution in [0, 0.1) is 11.8 Å². The zero-order chi connectivity index (χ0) is 14.1. The minimum Gasteiger partial charge on any atom is -0.305 e. The maximum Gasteiger partial charge on any atom is 0.247 e. The number of imide groups is 1. The van der Waals surface area contributed by atoms with Crippen LogP contribution < -0.4 is 5.32 Å². The van der Waals surface area contributed by atoms with Crippen molar-refractivity contribution < 1.29 is 9.59 Å². The zero-order valence-corrected chi connectivity index (χ0v) is 12.4. The van der Waals surface area contributed by atoms with Gasteiger partial charge >= 0.3 is 0 Å². The lowest BCUT2D eigenvalue weighted by molar-refractivity contribution is -0.139. The van der Waals surface area contributed by atoms with E-state index >= 15 is 0 Å². The second-order valence-corrected chi connectivity index (χ2v) is 6.96. The van der Waals surface area contributed by atoms with Crippen LogP contribution in [0.2, 0.25) is 0 Å². The summed E-state index contributed by atoms with van der Waals surface area (Å²) in [7, 11) is 0. The number of rotatable bonds is 5. The molecule has 0 aromatic heterocycles. The summed E-state index contributed by atoms with van der Waals surface area (Å²) < 4.78 is 0. The topological polar surface area (TPSA) is 49.4 Å². The Balaban J connectivity index is 1.40. The van der Waals surface area contributed by atoms with Crippen LogP contribution in [-0.4, -0.2) is 35.3 Å². The highest BCUT2D eigenvalue weighted by molar-refractivity contribution is 6.06. The summed E-state index contributed by atoms with van der Waals surface area (Å²) in [4.78, 5) is 25.5. The molecule has 2 amide bonds. The van der Waals surface area contributed by atoms with Crippen LogP contribution in [0.15, 0.2) is 0 Å². The van der Waals surface area contributed by atoms with Gasteiger partial charge in [-0.15, -0.1) is 0 Å². The number of nitrogens with one attached hydrogen (secondary N) is 1. The molecule has 1 atom stereocenters. The van der Waals surface area contributed by atoms with Crippen molar-refractivity contribution in [2.24, 2.45) is 11.8 Å². The Morgan fingerprint density at radius 2 is 1.80 bits per heavy atom. The van der Waals surface area contributed by atoms with Gasteiger partial charge in [-0.05, 0) is 37.6 Å². The molecule has 0 radical (unpaired) electrons. The van der Waals surface area contributed by atoms with Crippen LogP contribution in [0.25, 0.3) is 0 Å². The highest BCUT2D eigenvalue weighted by atomic mass is 16.2. The molecule has 0 aromatic carbocycles. The Morgan fingerprint density at radius 1 is 1.10 bits per heavy atom. The van der Waals surface area contributed by atoms with Crippen molar-refractivity contribution in [3.63, 3.8) is 0 Å². The summed E-state index contributed by atoms with van der Waals surface area (Å²) in [5, 5.41) is 3.32. The third kappa shape index (κ3) is 3.05. The number of carbonyl (C=O) groups is 2. The molecule has 3 fully saturated rings. The maximum absolute atomic E-state index is 12.2. The standard InChI is InChI=1S/C16H26N2O2/c1-11-2-4-12(5-3-11)8-9-17-14-10-15(19)18(16(14)20)13-6-7-13/h11-14,17H,2-10H2,1H3. The lowest BCUT2D eigenvalue weighted by atomic mass is 9.81. The summed E-state index contributed by atoms with van der Waals surface area (Å²) >= 11 is 0. The first-order chi connectivity index (χ1) is 9.65. The molecule has 0 bridgehead atoms. The average molecular weight is 278 g/mol. The molecular formula is C16H26N2O2. The Kier molecular flexibility index (Phi) is 4.11. The molecule has 0 spiro atoms. The van der Waals surface area contributed by atoms with Gasteiger partial charge < -0.3 is 5.32 Å². The van der Waals surface area contributed by atoms with Crippen LogP contribution in [-0.2, 0) is 9.59 Å². The van der Waals surface area contributed by atoms with Crippen molar-refractivity contribution in [2.75, 3.05) is 6.54 Å². The summed E-state index contributed by atoms with van der Waals surface area (Å²) in [6, 6.07) is -0.0211. The number of nitrogens with zero attached hydrogens (tertiary/aromatic N) is 1. The molecule has 1 N–H and O–H groups in total. The molecule has 4 nitrogen and oxygen atoms in total. The van der Waals surface area contributed by atoms with Gasteiger partial charge in [-0.2, -0.15) is 0 Å². The van der Waals surface area contributed by atoms with Crippen molar-refractivity contribution in [3.05, 3.63) is 0 Å². The Bertz CT molecular complexity index is 384. The number of hydrogen-bond acceptors (Lipinski definition) is 3. The lowest BCUT2D eigenvalue weighted by Gasteiger charge is -2.26. The maximum atomic E-state index is 12.2. The average Bonchev–Trinajstić information content (AvgIpc) is 3.20. The number of carbonyl (C=O) groups excluding carboxylic acids is 2. The van der Waals surface area contributed by atoms with E-state index in [2.05, 4.69) is 12.2 Å². The van der Waals surface area contributed by atoms with E-state index < -0.39 is 0 Å². The SMILES string of the molecule is CC1CCC(CCNC2CC(=O)N(C3CC3)C2=O)CC1. The zero-order valence-electron chi connectivity index (χ0n) is 12.4. The van der Waals surface area contributed by atoms with E-state index in [1.54, 1.807) is 0 Å². The molecule has 3 rings (SSSR count). The number of hydrogen-bond donors (Lipinski definition) is 1. The second-order valence-electron chi connectivity index (χ2n) is 6.96. The Morgan fingerprint density at radius 3 is 2.45 bits per heavy atom. The van der Waals surface area contributed by atoms with E-state index in [9.17, 15) is 9.59 Å². The summed E-state index contributed by atoms with van der Waals surface area (Å²) in [6.45, 7) is 3.21. The molecule has 1 unspecified atom stereocenters. The van der Waals surface area contributed by atoms with Crippen molar-refractivity contribution in [1.29, 1.82) is 0 Å². The van der Waals surface area contributed by atoms with Gasteiger partial charge in [0.15, 0.2) is 0 Å². The van der Waals surface area contributed by atoms with Gasteiger partial charge in [-0.3, -0.25) is 14.5 Å². The van der Waals surface area contributed by atoms with Gasteiger partial charge in [-0.1, -0.05) is 32.6 Å². The van der Waals surface area contributed by atoms with Crippen LogP contribution in [0.1, 0.15) is 58.3 Å². The van der Waals surface area contributed by atoms with Crippen LogP contribution in [0.4, 0.5) is 0 Å². The van der Waals surface area contributed by atoms with Crippen LogP contribution >= 0.6 is 0 Å². The van der Waals surface area contributed by atoms with Gasteiger partial charge in [0.2, 0.25) is 11.8 Å². The fourth-order valence-electron chi connectivity index (χ4n) is 3.61.